The second kappa shape index (κ2) is 10.8. The molecule has 2 aromatic carbocycles. The van der Waals surface area contributed by atoms with Gasteiger partial charge in [0.2, 0.25) is 11.1 Å². The molecule has 0 radical (unpaired) electrons. The van der Waals surface area contributed by atoms with Gasteiger partial charge < -0.3 is 20.2 Å². The van der Waals surface area contributed by atoms with Crippen LogP contribution in [0, 0.1) is 5.82 Å². The van der Waals surface area contributed by atoms with Crippen molar-refractivity contribution in [3.05, 3.63) is 65.2 Å². The van der Waals surface area contributed by atoms with E-state index in [1.165, 1.54) is 46.1 Å². The fraction of sp³-hybridized carbons (Fsp3) is 0.375. The number of rotatable bonds is 9. The van der Waals surface area contributed by atoms with Gasteiger partial charge in [-0.1, -0.05) is 50.7 Å². The van der Waals surface area contributed by atoms with Crippen LogP contribution in [0.2, 0.25) is 0 Å². The Labute approximate surface area is 203 Å². The third-order valence-corrected chi connectivity index (χ3v) is 6.14. The summed E-state index contributed by atoms with van der Waals surface area (Å²) in [5, 5.41) is 8.53. The maximum atomic E-state index is 13.9. The number of carbonyl (C=O) groups excluding carboxylic acids is 1. The molecule has 0 aliphatic rings. The van der Waals surface area contributed by atoms with Gasteiger partial charge >= 0.3 is 0 Å². The van der Waals surface area contributed by atoms with E-state index in [9.17, 15) is 9.18 Å². The van der Waals surface area contributed by atoms with E-state index in [1.54, 1.807) is 13.1 Å². The summed E-state index contributed by atoms with van der Waals surface area (Å²) in [4.78, 5) is 14.0. The number of hydrogen-bond acceptors (Lipinski definition) is 7. The number of thioether (sulfide) groups is 1. The van der Waals surface area contributed by atoms with Gasteiger partial charge in [-0.15, -0.1) is 10.2 Å². The molecule has 182 valence electrons. The van der Waals surface area contributed by atoms with E-state index in [0.29, 0.717) is 22.3 Å². The average molecular weight is 488 g/mol. The summed E-state index contributed by atoms with van der Waals surface area (Å²) in [6.07, 6.45) is 0. The number of carbonyl (C=O) groups is 1. The quantitative estimate of drug-likeness (QED) is 0.363. The Morgan fingerprint density at radius 2 is 1.88 bits per heavy atom. The number of halogens is 1. The smallest absolute Gasteiger partial charge is 0.233 e. The monoisotopic (exact) mass is 487 g/mol. The second-order valence-electron chi connectivity index (χ2n) is 8.84. The predicted octanol–water partition coefficient (Wildman–Crippen LogP) is 3.77. The normalized spacial score (nSPS) is 11.4. The minimum absolute atomic E-state index is 0.0679. The van der Waals surface area contributed by atoms with Gasteiger partial charge in [-0.2, -0.15) is 0 Å². The molecule has 0 aliphatic heterocycles. The second-order valence-corrected chi connectivity index (χ2v) is 9.78. The molecule has 0 spiro atoms. The van der Waals surface area contributed by atoms with Gasteiger partial charge in [0.15, 0.2) is 17.4 Å². The third kappa shape index (κ3) is 6.40. The van der Waals surface area contributed by atoms with E-state index >= 15 is 0 Å². The molecular weight excluding hydrogens is 457 g/mol. The van der Waals surface area contributed by atoms with E-state index in [0.717, 1.165) is 0 Å². The lowest BCUT2D eigenvalue weighted by Gasteiger charge is -2.19. The number of methoxy groups -OCH3 is 1. The van der Waals surface area contributed by atoms with Crippen LogP contribution in [-0.4, -0.2) is 45.6 Å². The Morgan fingerprint density at radius 3 is 2.50 bits per heavy atom. The Hall–Kier alpha value is -3.27. The zero-order valence-electron chi connectivity index (χ0n) is 20.0. The number of nitrogen functional groups attached to an aromatic ring is 1. The molecule has 0 fully saturated rings. The van der Waals surface area contributed by atoms with Crippen molar-refractivity contribution in [3.63, 3.8) is 0 Å². The SMILES string of the molecule is COc1ccc(CN(C)C(=O)CSc2nnc(COc3ccc(C(C)(C)C)cc3)n2N)cc1F. The Kier molecular flexibility index (Phi) is 8.03. The van der Waals surface area contributed by atoms with Gasteiger partial charge in [0.1, 0.15) is 12.4 Å². The minimum atomic E-state index is -0.466. The van der Waals surface area contributed by atoms with Crippen molar-refractivity contribution >= 4 is 17.7 Å². The number of nitrogens with two attached hydrogens (primary N) is 1. The van der Waals surface area contributed by atoms with E-state index < -0.39 is 5.82 Å². The number of aromatic nitrogens is 3. The van der Waals surface area contributed by atoms with Crippen LogP contribution in [0.4, 0.5) is 4.39 Å². The highest BCUT2D eigenvalue weighted by Crippen LogP contribution is 2.25. The highest BCUT2D eigenvalue weighted by atomic mass is 32.2. The van der Waals surface area contributed by atoms with E-state index in [-0.39, 0.29) is 36.0 Å². The standard InChI is InChI=1S/C24H30FN5O3S/c1-24(2,3)17-7-9-18(10-8-17)33-14-21-27-28-23(30(21)26)34-15-22(31)29(4)13-16-6-11-20(32-5)19(25)12-16/h6-12H,13-15,26H2,1-5H3. The fourth-order valence-electron chi connectivity index (χ4n) is 3.11. The molecule has 0 bridgehead atoms. The molecule has 1 amide bonds. The molecule has 3 rings (SSSR count). The lowest BCUT2D eigenvalue weighted by molar-refractivity contribution is -0.127. The molecule has 8 nitrogen and oxygen atoms in total. The first-order valence-corrected chi connectivity index (χ1v) is 11.7. The van der Waals surface area contributed by atoms with Gasteiger partial charge in [-0.25, -0.2) is 9.07 Å². The first kappa shape index (κ1) is 25.4. The van der Waals surface area contributed by atoms with Crippen LogP contribution in [-0.2, 0) is 23.4 Å². The number of amides is 1. The van der Waals surface area contributed by atoms with Crippen LogP contribution in [0.1, 0.15) is 37.7 Å². The largest absolute Gasteiger partial charge is 0.494 e. The zero-order chi connectivity index (χ0) is 24.9. The predicted molar refractivity (Wildman–Crippen MR) is 130 cm³/mol. The molecule has 1 heterocycles. The summed E-state index contributed by atoms with van der Waals surface area (Å²) in [6, 6.07) is 12.5. The summed E-state index contributed by atoms with van der Waals surface area (Å²) in [6.45, 7) is 6.87. The van der Waals surface area contributed by atoms with Gasteiger partial charge in [0.25, 0.3) is 0 Å². The molecule has 2 N–H and O–H groups in total. The Bertz CT molecular complexity index is 1130. The summed E-state index contributed by atoms with van der Waals surface area (Å²) in [5.74, 6) is 6.89. The maximum Gasteiger partial charge on any atom is 0.233 e. The molecule has 0 aliphatic carbocycles. The zero-order valence-corrected chi connectivity index (χ0v) is 20.9. The summed E-state index contributed by atoms with van der Waals surface area (Å²) >= 11 is 1.17. The molecule has 0 unspecified atom stereocenters. The Morgan fingerprint density at radius 1 is 1.18 bits per heavy atom. The van der Waals surface area contributed by atoms with Gasteiger partial charge in [-0.05, 0) is 40.8 Å². The van der Waals surface area contributed by atoms with Crippen molar-refractivity contribution in [3.8, 4) is 11.5 Å². The highest BCUT2D eigenvalue weighted by molar-refractivity contribution is 7.99. The fourth-order valence-corrected chi connectivity index (χ4v) is 3.93. The number of nitrogens with zero attached hydrogens (tertiary/aromatic N) is 4. The third-order valence-electron chi connectivity index (χ3n) is 5.21. The van der Waals surface area contributed by atoms with Crippen LogP contribution < -0.4 is 15.3 Å². The highest BCUT2D eigenvalue weighted by Gasteiger charge is 2.17. The van der Waals surface area contributed by atoms with Crippen LogP contribution in [0.3, 0.4) is 0 Å². The first-order chi connectivity index (χ1) is 16.1. The van der Waals surface area contributed by atoms with Gasteiger partial charge in [0, 0.05) is 13.6 Å². The number of ether oxygens (including phenoxy) is 2. The van der Waals surface area contributed by atoms with Crippen LogP contribution >= 0.6 is 11.8 Å². The van der Waals surface area contributed by atoms with Gasteiger partial charge in [-0.3, -0.25) is 4.79 Å². The van der Waals surface area contributed by atoms with Crippen molar-refractivity contribution in [2.24, 2.45) is 0 Å². The summed E-state index contributed by atoms with van der Waals surface area (Å²) in [7, 11) is 3.06. The topological polar surface area (TPSA) is 95.5 Å². The van der Waals surface area contributed by atoms with Crippen LogP contribution in [0.15, 0.2) is 47.6 Å². The molecule has 3 aromatic rings. The van der Waals surface area contributed by atoms with E-state index in [4.69, 9.17) is 15.3 Å². The number of hydrogen-bond donors (Lipinski definition) is 1. The molecule has 1 aromatic heterocycles. The van der Waals surface area contributed by atoms with Crippen LogP contribution in [0.5, 0.6) is 11.5 Å². The summed E-state index contributed by atoms with van der Waals surface area (Å²) in [5.41, 5.74) is 1.95. The van der Waals surface area contributed by atoms with Crippen molar-refractivity contribution in [2.45, 2.75) is 44.5 Å². The van der Waals surface area contributed by atoms with Gasteiger partial charge in [0.05, 0.1) is 12.9 Å². The Balaban J connectivity index is 1.51. The molecule has 34 heavy (non-hydrogen) atoms. The van der Waals surface area contributed by atoms with Crippen molar-refractivity contribution in [1.82, 2.24) is 19.8 Å². The number of benzene rings is 2. The molecule has 10 heteroatoms. The molecule has 0 saturated carbocycles. The lowest BCUT2D eigenvalue weighted by Crippen LogP contribution is -2.28. The van der Waals surface area contributed by atoms with Crippen molar-refractivity contribution in [1.29, 1.82) is 0 Å². The van der Waals surface area contributed by atoms with Crippen molar-refractivity contribution in [2.75, 3.05) is 25.8 Å². The summed E-state index contributed by atoms with van der Waals surface area (Å²) < 4.78 is 25.9. The van der Waals surface area contributed by atoms with Crippen LogP contribution in [0.25, 0.3) is 0 Å². The molecule has 0 saturated heterocycles. The first-order valence-electron chi connectivity index (χ1n) is 10.7. The minimum Gasteiger partial charge on any atom is -0.494 e. The van der Waals surface area contributed by atoms with Crippen molar-refractivity contribution < 1.29 is 18.7 Å². The average Bonchev–Trinajstić information content (AvgIpc) is 3.15. The lowest BCUT2D eigenvalue weighted by atomic mass is 9.87. The maximum absolute atomic E-state index is 13.9. The molecular formula is C24H30FN5O3S. The van der Waals surface area contributed by atoms with E-state index in [2.05, 4.69) is 31.0 Å². The van der Waals surface area contributed by atoms with E-state index in [1.807, 2.05) is 24.3 Å². The molecule has 0 atom stereocenters.